The Bertz CT molecular complexity index is 1080. The summed E-state index contributed by atoms with van der Waals surface area (Å²) in [6.07, 6.45) is 0. The highest BCUT2D eigenvalue weighted by Gasteiger charge is 2.31. The van der Waals surface area contributed by atoms with Gasteiger partial charge in [-0.15, -0.1) is 0 Å². The zero-order chi connectivity index (χ0) is 22.0. The summed E-state index contributed by atoms with van der Waals surface area (Å²) in [5, 5.41) is 9.28. The molecular formula is C21H27N7O2S. The summed E-state index contributed by atoms with van der Waals surface area (Å²) in [7, 11) is -1.59. The van der Waals surface area contributed by atoms with Crippen molar-refractivity contribution in [3.8, 4) is 6.07 Å². The van der Waals surface area contributed by atoms with Crippen LogP contribution in [0.3, 0.4) is 0 Å². The maximum atomic E-state index is 13.1. The zero-order valence-corrected chi connectivity index (χ0v) is 18.7. The van der Waals surface area contributed by atoms with E-state index in [-0.39, 0.29) is 10.5 Å². The van der Waals surface area contributed by atoms with E-state index in [0.29, 0.717) is 32.0 Å². The zero-order valence-electron chi connectivity index (χ0n) is 17.9. The van der Waals surface area contributed by atoms with Crippen LogP contribution in [0.4, 0.5) is 11.6 Å². The van der Waals surface area contributed by atoms with Crippen LogP contribution in [0.1, 0.15) is 11.4 Å². The monoisotopic (exact) mass is 441 g/mol. The molecule has 31 heavy (non-hydrogen) atoms. The summed E-state index contributed by atoms with van der Waals surface area (Å²) >= 11 is 0. The third-order valence-corrected chi connectivity index (χ3v) is 7.78. The lowest BCUT2D eigenvalue weighted by atomic mass is 10.2. The van der Waals surface area contributed by atoms with Crippen LogP contribution >= 0.6 is 0 Å². The van der Waals surface area contributed by atoms with Gasteiger partial charge in [0.2, 0.25) is 10.0 Å². The lowest BCUT2D eigenvalue weighted by Gasteiger charge is -2.36. The van der Waals surface area contributed by atoms with Crippen LogP contribution in [0.2, 0.25) is 0 Å². The Hall–Kier alpha value is -2.74. The first kappa shape index (κ1) is 21.5. The predicted octanol–water partition coefficient (Wildman–Crippen LogP) is 0.919. The number of aromatic nitrogens is 2. The van der Waals surface area contributed by atoms with Crippen LogP contribution in [0, 0.1) is 18.3 Å². The quantitative estimate of drug-likeness (QED) is 0.691. The fraction of sp³-hybridized carbons (Fsp3) is 0.476. The van der Waals surface area contributed by atoms with Gasteiger partial charge in [-0.05, 0) is 26.1 Å². The molecule has 10 heteroatoms. The molecule has 2 aliphatic heterocycles. The Kier molecular flexibility index (Phi) is 6.09. The Morgan fingerprint density at radius 2 is 1.45 bits per heavy atom. The molecule has 0 amide bonds. The fourth-order valence-electron chi connectivity index (χ4n) is 3.98. The molecule has 0 N–H and O–H groups in total. The lowest BCUT2D eigenvalue weighted by molar-refractivity contribution is 0.312. The van der Waals surface area contributed by atoms with Crippen molar-refractivity contribution < 1.29 is 8.42 Å². The van der Waals surface area contributed by atoms with E-state index in [0.717, 1.165) is 37.8 Å². The smallest absolute Gasteiger partial charge is 0.244 e. The van der Waals surface area contributed by atoms with Gasteiger partial charge in [0.15, 0.2) is 0 Å². The van der Waals surface area contributed by atoms with E-state index in [9.17, 15) is 13.7 Å². The maximum absolute atomic E-state index is 13.1. The second kappa shape index (κ2) is 8.78. The Morgan fingerprint density at radius 1 is 0.903 bits per heavy atom. The second-order valence-corrected chi connectivity index (χ2v) is 9.83. The largest absolute Gasteiger partial charge is 0.354 e. The molecule has 1 aromatic carbocycles. The van der Waals surface area contributed by atoms with Crippen LogP contribution in [0.15, 0.2) is 35.2 Å². The standard InChI is InChI=1S/C21H27N7O2S/c1-17-23-20(26-9-7-25(2)8-10-26)15-21(24-17)27-11-13-28(14-12-27)31(29,30)19-6-4-3-5-18(19)16-22/h3-6,15H,7-14H2,1-2H3. The SMILES string of the molecule is Cc1nc(N2CCN(C)CC2)cc(N2CCN(S(=O)(=O)c3ccccc3C#N)CC2)n1. The van der Waals surface area contributed by atoms with Crippen molar-refractivity contribution >= 4 is 21.7 Å². The number of hydrogen-bond acceptors (Lipinski definition) is 8. The van der Waals surface area contributed by atoms with E-state index in [1.165, 1.54) is 16.4 Å². The van der Waals surface area contributed by atoms with E-state index in [1.54, 1.807) is 12.1 Å². The summed E-state index contributed by atoms with van der Waals surface area (Å²) in [6, 6.07) is 10.3. The van der Waals surface area contributed by atoms with Crippen LogP contribution in [-0.2, 0) is 10.0 Å². The minimum atomic E-state index is -3.71. The first-order valence-corrected chi connectivity index (χ1v) is 11.9. The molecule has 2 aromatic rings. The highest BCUT2D eigenvalue weighted by atomic mass is 32.2. The molecule has 0 spiro atoms. The molecule has 0 unspecified atom stereocenters. The molecule has 9 nitrogen and oxygen atoms in total. The van der Waals surface area contributed by atoms with Gasteiger partial charge in [-0.3, -0.25) is 0 Å². The summed E-state index contributed by atoms with van der Waals surface area (Å²) in [5.74, 6) is 2.47. The first-order chi connectivity index (χ1) is 14.9. The van der Waals surface area contributed by atoms with Gasteiger partial charge in [0.1, 0.15) is 23.5 Å². The Morgan fingerprint density at radius 3 is 2.03 bits per heavy atom. The van der Waals surface area contributed by atoms with E-state index in [4.69, 9.17) is 0 Å². The van der Waals surface area contributed by atoms with Crippen molar-refractivity contribution in [3.63, 3.8) is 0 Å². The van der Waals surface area contributed by atoms with Crippen molar-refractivity contribution in [3.05, 3.63) is 41.7 Å². The molecule has 2 saturated heterocycles. The summed E-state index contributed by atoms with van der Waals surface area (Å²) in [4.78, 5) is 16.0. The number of anilines is 2. The van der Waals surface area contributed by atoms with Crippen LogP contribution in [-0.4, -0.2) is 87.0 Å². The molecule has 164 valence electrons. The molecule has 2 aliphatic rings. The van der Waals surface area contributed by atoms with E-state index in [2.05, 4.69) is 31.7 Å². The number of likely N-dealkylation sites (N-methyl/N-ethyl adjacent to an activating group) is 1. The molecule has 0 aliphatic carbocycles. The first-order valence-electron chi connectivity index (χ1n) is 10.4. The third kappa shape index (κ3) is 4.49. The summed E-state index contributed by atoms with van der Waals surface area (Å²) in [6.45, 7) is 7.50. The van der Waals surface area contributed by atoms with Gasteiger partial charge in [-0.1, -0.05) is 12.1 Å². The number of piperazine rings is 2. The molecule has 1 aromatic heterocycles. The van der Waals surface area contributed by atoms with Crippen LogP contribution < -0.4 is 9.80 Å². The molecule has 0 radical (unpaired) electrons. The van der Waals surface area contributed by atoms with Gasteiger partial charge < -0.3 is 14.7 Å². The minimum Gasteiger partial charge on any atom is -0.354 e. The van der Waals surface area contributed by atoms with Gasteiger partial charge in [0.25, 0.3) is 0 Å². The highest BCUT2D eigenvalue weighted by molar-refractivity contribution is 7.89. The number of sulfonamides is 1. The average molecular weight is 442 g/mol. The number of benzene rings is 1. The van der Waals surface area contributed by atoms with Gasteiger partial charge in [0.05, 0.1) is 10.5 Å². The van der Waals surface area contributed by atoms with E-state index >= 15 is 0 Å². The van der Waals surface area contributed by atoms with Crippen molar-refractivity contribution in [2.75, 3.05) is 69.2 Å². The van der Waals surface area contributed by atoms with Gasteiger partial charge in [-0.25, -0.2) is 18.4 Å². The maximum Gasteiger partial charge on any atom is 0.244 e. The molecular weight excluding hydrogens is 414 g/mol. The van der Waals surface area contributed by atoms with Crippen LogP contribution in [0.25, 0.3) is 0 Å². The number of rotatable bonds is 4. The van der Waals surface area contributed by atoms with Gasteiger partial charge >= 0.3 is 0 Å². The fourth-order valence-corrected chi connectivity index (χ4v) is 5.54. The molecule has 0 atom stereocenters. The molecule has 4 rings (SSSR count). The van der Waals surface area contributed by atoms with Crippen molar-refractivity contribution in [1.82, 2.24) is 19.2 Å². The highest BCUT2D eigenvalue weighted by Crippen LogP contribution is 2.24. The van der Waals surface area contributed by atoms with Gasteiger partial charge in [0, 0.05) is 58.4 Å². The summed E-state index contributed by atoms with van der Waals surface area (Å²) < 4.78 is 27.6. The number of nitrogens with zero attached hydrogens (tertiary/aromatic N) is 7. The average Bonchev–Trinajstić information content (AvgIpc) is 2.79. The molecule has 2 fully saturated rings. The molecule has 0 bridgehead atoms. The summed E-state index contributed by atoms with van der Waals surface area (Å²) in [5.41, 5.74) is 0.174. The van der Waals surface area contributed by atoms with Gasteiger partial charge in [-0.2, -0.15) is 9.57 Å². The Balaban J connectivity index is 1.48. The van der Waals surface area contributed by atoms with E-state index < -0.39 is 10.0 Å². The topological polar surface area (TPSA) is 96.7 Å². The molecule has 3 heterocycles. The van der Waals surface area contributed by atoms with Crippen molar-refractivity contribution in [2.45, 2.75) is 11.8 Å². The molecule has 0 saturated carbocycles. The lowest BCUT2D eigenvalue weighted by Crippen LogP contribution is -2.49. The minimum absolute atomic E-state index is 0.0705. The van der Waals surface area contributed by atoms with Crippen LogP contribution in [0.5, 0.6) is 0 Å². The third-order valence-electron chi connectivity index (χ3n) is 5.83. The number of aryl methyl sites for hydroxylation is 1. The van der Waals surface area contributed by atoms with Crippen molar-refractivity contribution in [1.29, 1.82) is 5.26 Å². The predicted molar refractivity (Wildman–Crippen MR) is 119 cm³/mol. The Labute approximate surface area is 183 Å². The number of nitriles is 1. The number of hydrogen-bond donors (Lipinski definition) is 0. The van der Waals surface area contributed by atoms with E-state index in [1.807, 2.05) is 19.1 Å². The second-order valence-electron chi connectivity index (χ2n) is 7.92. The van der Waals surface area contributed by atoms with Crippen molar-refractivity contribution in [2.24, 2.45) is 0 Å². The normalized spacial score (nSPS) is 18.7.